The van der Waals surface area contributed by atoms with E-state index in [1.165, 1.54) is 0 Å². The maximum absolute atomic E-state index is 11.6. The topological polar surface area (TPSA) is 55.7 Å². The predicted octanol–water partition coefficient (Wildman–Crippen LogP) is 4.59. The molecule has 1 unspecified atom stereocenters. The first kappa shape index (κ1) is 23.2. The summed E-state index contributed by atoms with van der Waals surface area (Å²) in [6, 6.07) is 16.3. The van der Waals surface area contributed by atoms with Crippen LogP contribution in [-0.2, 0) is 16.1 Å². The fourth-order valence-corrected chi connectivity index (χ4v) is 5.39. The first-order valence-electron chi connectivity index (χ1n) is 12.0. The second-order valence-corrected chi connectivity index (χ2v) is 10.3. The Kier molecular flexibility index (Phi) is 6.56. The van der Waals surface area contributed by atoms with Gasteiger partial charge in [0.2, 0.25) is 5.91 Å². The van der Waals surface area contributed by atoms with Crippen molar-refractivity contribution in [3.63, 3.8) is 0 Å². The summed E-state index contributed by atoms with van der Waals surface area (Å²) in [6.07, 6.45) is 1.01. The molecule has 2 aliphatic heterocycles. The van der Waals surface area contributed by atoms with Crippen LogP contribution >= 0.6 is 11.6 Å². The van der Waals surface area contributed by atoms with Crippen LogP contribution in [0, 0.1) is 5.41 Å². The summed E-state index contributed by atoms with van der Waals surface area (Å²) in [5.41, 5.74) is 3.69. The van der Waals surface area contributed by atoms with Gasteiger partial charge in [0.25, 0.3) is 0 Å². The molecular weight excluding hydrogens is 450 g/mol. The number of fused-ring (bicyclic) bond motifs is 1. The van der Waals surface area contributed by atoms with Crippen molar-refractivity contribution < 1.29 is 14.3 Å². The summed E-state index contributed by atoms with van der Waals surface area (Å²) >= 11 is 6.28. The molecule has 2 fully saturated rings. The Morgan fingerprint density at radius 3 is 2.74 bits per heavy atom. The van der Waals surface area contributed by atoms with Gasteiger partial charge < -0.3 is 24.3 Å². The minimum Gasteiger partial charge on any atom is -0.494 e. The number of carbonyl (C=O) groups is 1. The number of nitrogens with one attached hydrogen (secondary N) is 1. The van der Waals surface area contributed by atoms with Crippen molar-refractivity contribution in [3.8, 4) is 17.0 Å². The highest BCUT2D eigenvalue weighted by Crippen LogP contribution is 2.37. The monoisotopic (exact) mass is 481 g/mol. The van der Waals surface area contributed by atoms with Crippen LogP contribution in [0.2, 0.25) is 5.02 Å². The van der Waals surface area contributed by atoms with Crippen molar-refractivity contribution >= 4 is 28.4 Å². The van der Waals surface area contributed by atoms with Crippen LogP contribution in [0.25, 0.3) is 22.2 Å². The van der Waals surface area contributed by atoms with Gasteiger partial charge in [0.15, 0.2) is 0 Å². The van der Waals surface area contributed by atoms with E-state index >= 15 is 0 Å². The number of hydrogen-bond acceptors (Lipinski definition) is 4. The van der Waals surface area contributed by atoms with Gasteiger partial charge in [0.05, 0.1) is 19.8 Å². The first-order valence-corrected chi connectivity index (χ1v) is 12.4. The summed E-state index contributed by atoms with van der Waals surface area (Å²) in [7, 11) is 0. The molecule has 5 rings (SSSR count). The Morgan fingerprint density at radius 1 is 1.21 bits per heavy atom. The molecule has 1 spiro atoms. The summed E-state index contributed by atoms with van der Waals surface area (Å²) in [6.45, 7) is 10.2. The average Bonchev–Trinajstić information content (AvgIpc) is 3.08. The molecule has 3 heterocycles. The molecule has 0 bridgehead atoms. The lowest BCUT2D eigenvalue weighted by molar-refractivity contribution is -0.189. The second-order valence-electron chi connectivity index (χ2n) is 9.88. The van der Waals surface area contributed by atoms with Crippen LogP contribution in [0.15, 0.2) is 48.5 Å². The molecule has 180 valence electrons. The van der Waals surface area contributed by atoms with Gasteiger partial charge in [-0.3, -0.25) is 4.79 Å². The van der Waals surface area contributed by atoms with E-state index in [-0.39, 0.29) is 11.9 Å². The zero-order valence-corrected chi connectivity index (χ0v) is 20.6. The van der Waals surface area contributed by atoms with Crippen LogP contribution < -0.4 is 10.1 Å². The maximum atomic E-state index is 11.6. The quantitative estimate of drug-likeness (QED) is 0.454. The molecule has 2 saturated heterocycles. The van der Waals surface area contributed by atoms with E-state index in [2.05, 4.69) is 39.0 Å². The van der Waals surface area contributed by atoms with Gasteiger partial charge in [0.1, 0.15) is 5.75 Å². The number of hydrogen-bond donors (Lipinski definition) is 1. The Hall–Kier alpha value is -2.54. The minimum absolute atomic E-state index is 0.00546. The summed E-state index contributed by atoms with van der Waals surface area (Å²) in [4.78, 5) is 14.1. The van der Waals surface area contributed by atoms with Crippen LogP contribution in [0.4, 0.5) is 0 Å². The molecule has 7 heteroatoms. The molecule has 2 aliphatic rings. The lowest BCUT2D eigenvalue weighted by atomic mass is 9.78. The molecule has 1 atom stereocenters. The highest BCUT2D eigenvalue weighted by Gasteiger charge is 2.48. The number of rotatable bonds is 9. The lowest BCUT2D eigenvalue weighted by Gasteiger charge is -2.55. The molecule has 3 aromatic rings. The van der Waals surface area contributed by atoms with Crippen LogP contribution in [0.3, 0.4) is 0 Å². The molecule has 6 nitrogen and oxygen atoms in total. The fourth-order valence-electron chi connectivity index (χ4n) is 5.20. The van der Waals surface area contributed by atoms with Crippen molar-refractivity contribution in [1.82, 2.24) is 14.8 Å². The summed E-state index contributed by atoms with van der Waals surface area (Å²) in [5, 5.41) is 4.80. The van der Waals surface area contributed by atoms with Gasteiger partial charge in [-0.2, -0.15) is 0 Å². The Balaban J connectivity index is 1.29. The molecule has 0 aliphatic carbocycles. The van der Waals surface area contributed by atoms with Gasteiger partial charge in [-0.05, 0) is 55.3 Å². The van der Waals surface area contributed by atoms with E-state index in [0.717, 1.165) is 67.2 Å². The number of halogens is 1. The van der Waals surface area contributed by atoms with Gasteiger partial charge in [-0.15, -0.1) is 0 Å². The highest BCUT2D eigenvalue weighted by atomic mass is 35.5. The Bertz CT molecular complexity index is 1180. The van der Waals surface area contributed by atoms with E-state index in [1.807, 2.05) is 31.2 Å². The van der Waals surface area contributed by atoms with Crippen molar-refractivity contribution in [2.24, 2.45) is 5.41 Å². The van der Waals surface area contributed by atoms with E-state index in [9.17, 15) is 4.79 Å². The maximum Gasteiger partial charge on any atom is 0.217 e. The first-order chi connectivity index (χ1) is 16.4. The molecule has 1 N–H and O–H groups in total. The van der Waals surface area contributed by atoms with Gasteiger partial charge in [-0.1, -0.05) is 23.7 Å². The second kappa shape index (κ2) is 9.61. The molecular formula is C27H32ClN3O3. The van der Waals surface area contributed by atoms with E-state index in [1.54, 1.807) is 6.92 Å². The zero-order valence-electron chi connectivity index (χ0n) is 19.9. The third-order valence-electron chi connectivity index (χ3n) is 6.72. The smallest absolute Gasteiger partial charge is 0.217 e. The number of ether oxygens (including phenoxy) is 2. The molecule has 0 saturated carbocycles. The van der Waals surface area contributed by atoms with Gasteiger partial charge in [0, 0.05) is 66.2 Å². The molecule has 34 heavy (non-hydrogen) atoms. The van der Waals surface area contributed by atoms with Crippen LogP contribution in [0.1, 0.15) is 20.3 Å². The van der Waals surface area contributed by atoms with Gasteiger partial charge >= 0.3 is 0 Å². The van der Waals surface area contributed by atoms with Crippen molar-refractivity contribution in [2.45, 2.75) is 32.9 Å². The van der Waals surface area contributed by atoms with Crippen molar-refractivity contribution in [3.05, 3.63) is 53.6 Å². The molecule has 1 amide bonds. The SMILES string of the molecule is CC(=O)NC(C)Cn1c(-c2cccc(Cl)c2)cc2cc(OCCCN3CC4(COC4)C3)ccc21. The minimum atomic E-state index is -0.0293. The third kappa shape index (κ3) is 4.95. The number of carbonyl (C=O) groups excluding carboxylic acids is 1. The van der Waals surface area contributed by atoms with Crippen LogP contribution in [-0.4, -0.2) is 60.9 Å². The van der Waals surface area contributed by atoms with Crippen molar-refractivity contribution in [1.29, 1.82) is 0 Å². The summed E-state index contributed by atoms with van der Waals surface area (Å²) < 4.78 is 13.7. The highest BCUT2D eigenvalue weighted by molar-refractivity contribution is 6.30. The largest absolute Gasteiger partial charge is 0.494 e. The normalized spacial score (nSPS) is 17.9. The van der Waals surface area contributed by atoms with E-state index in [4.69, 9.17) is 21.1 Å². The number of likely N-dealkylation sites (tertiary alicyclic amines) is 1. The third-order valence-corrected chi connectivity index (χ3v) is 6.96. The zero-order chi connectivity index (χ0) is 23.7. The summed E-state index contributed by atoms with van der Waals surface area (Å²) in [5.74, 6) is 0.850. The fraction of sp³-hybridized carbons (Fsp3) is 0.444. The number of amides is 1. The molecule has 1 aromatic heterocycles. The average molecular weight is 482 g/mol. The molecule has 0 radical (unpaired) electrons. The molecule has 2 aromatic carbocycles. The van der Waals surface area contributed by atoms with Crippen molar-refractivity contribution in [2.75, 3.05) is 39.5 Å². The van der Waals surface area contributed by atoms with Gasteiger partial charge in [-0.25, -0.2) is 0 Å². The Labute approximate surface area is 205 Å². The van der Waals surface area contributed by atoms with E-state index < -0.39 is 0 Å². The number of aromatic nitrogens is 1. The predicted molar refractivity (Wildman–Crippen MR) is 135 cm³/mol. The Morgan fingerprint density at radius 2 is 2.03 bits per heavy atom. The standard InChI is InChI=1S/C27H32ClN3O3/c1-19(29-20(2)32)14-31-25-8-7-24(34-10-4-9-30-15-27(16-30)17-33-18-27)12-22(25)13-26(31)21-5-3-6-23(28)11-21/h3,5-8,11-13,19H,4,9-10,14-18H2,1-2H3,(H,29,32). The number of benzene rings is 2. The van der Waals surface area contributed by atoms with Crippen LogP contribution in [0.5, 0.6) is 5.75 Å². The van der Waals surface area contributed by atoms with E-state index in [0.29, 0.717) is 23.6 Å². The lowest BCUT2D eigenvalue weighted by Crippen LogP contribution is -2.65. The number of nitrogens with zero attached hydrogens (tertiary/aromatic N) is 2.